The molecule has 0 atom stereocenters. The fraction of sp³-hybridized carbons (Fsp3) is 0.588. The minimum Gasteiger partial charge on any atom is -0.372 e. The Morgan fingerprint density at radius 1 is 1.10 bits per heavy atom. The van der Waals surface area contributed by atoms with Crippen LogP contribution in [0, 0.1) is 0 Å². The van der Waals surface area contributed by atoms with Gasteiger partial charge in [-0.2, -0.15) is 0 Å². The molecule has 1 fully saturated rings. The average Bonchev–Trinajstić information content (AvgIpc) is 3.00. The SMILES string of the molecule is CCN(CC)c1ccc(C(=O)CCN2CCCC2)cc1. The van der Waals surface area contributed by atoms with Gasteiger partial charge in [-0.05, 0) is 64.0 Å². The van der Waals surface area contributed by atoms with Crippen LogP contribution >= 0.6 is 0 Å². The zero-order valence-electron chi connectivity index (χ0n) is 12.8. The van der Waals surface area contributed by atoms with Crippen LogP contribution in [0.25, 0.3) is 0 Å². The highest BCUT2D eigenvalue weighted by Crippen LogP contribution is 2.16. The predicted octanol–water partition coefficient (Wildman–Crippen LogP) is 3.20. The molecule has 1 aromatic rings. The van der Waals surface area contributed by atoms with Gasteiger partial charge in [-0.1, -0.05) is 0 Å². The van der Waals surface area contributed by atoms with Crippen LogP contribution in [0.3, 0.4) is 0 Å². The number of likely N-dealkylation sites (tertiary alicyclic amines) is 1. The van der Waals surface area contributed by atoms with Gasteiger partial charge in [0.15, 0.2) is 5.78 Å². The van der Waals surface area contributed by atoms with E-state index in [9.17, 15) is 4.79 Å². The standard InChI is InChI=1S/C17H26N2O/c1-3-19(4-2)16-9-7-15(8-10-16)17(20)11-14-18-12-5-6-13-18/h7-10H,3-6,11-14H2,1-2H3. The van der Waals surface area contributed by atoms with Crippen LogP contribution in [-0.4, -0.2) is 43.4 Å². The molecule has 0 bridgehead atoms. The van der Waals surface area contributed by atoms with Crippen LogP contribution < -0.4 is 4.90 Å². The molecule has 3 heteroatoms. The van der Waals surface area contributed by atoms with Gasteiger partial charge in [0.05, 0.1) is 0 Å². The molecule has 0 amide bonds. The number of carbonyl (C=O) groups excluding carboxylic acids is 1. The zero-order chi connectivity index (χ0) is 14.4. The summed E-state index contributed by atoms with van der Waals surface area (Å²) in [5.74, 6) is 0.267. The molecule has 1 aliphatic heterocycles. The fourth-order valence-electron chi connectivity index (χ4n) is 2.86. The maximum atomic E-state index is 12.2. The Balaban J connectivity index is 1.89. The molecule has 0 spiro atoms. The monoisotopic (exact) mass is 274 g/mol. The summed E-state index contributed by atoms with van der Waals surface area (Å²) in [5, 5.41) is 0. The Kier molecular flexibility index (Phi) is 5.60. The van der Waals surface area contributed by atoms with Crippen molar-refractivity contribution in [3.8, 4) is 0 Å². The van der Waals surface area contributed by atoms with Gasteiger partial charge in [-0.25, -0.2) is 0 Å². The van der Waals surface area contributed by atoms with Crippen molar-refractivity contribution >= 4 is 11.5 Å². The number of anilines is 1. The Bertz CT molecular complexity index is 417. The van der Waals surface area contributed by atoms with Crippen LogP contribution in [0.5, 0.6) is 0 Å². The van der Waals surface area contributed by atoms with Gasteiger partial charge < -0.3 is 9.80 Å². The molecule has 0 aliphatic carbocycles. The molecule has 2 rings (SSSR count). The van der Waals surface area contributed by atoms with E-state index >= 15 is 0 Å². The number of benzene rings is 1. The van der Waals surface area contributed by atoms with Gasteiger partial charge in [0.25, 0.3) is 0 Å². The number of hydrogen-bond acceptors (Lipinski definition) is 3. The lowest BCUT2D eigenvalue weighted by Crippen LogP contribution is -2.23. The third kappa shape index (κ3) is 3.83. The van der Waals surface area contributed by atoms with E-state index in [0.29, 0.717) is 6.42 Å². The normalized spacial score (nSPS) is 15.5. The third-order valence-electron chi connectivity index (χ3n) is 4.17. The second kappa shape index (κ2) is 7.44. The second-order valence-corrected chi connectivity index (χ2v) is 5.44. The summed E-state index contributed by atoms with van der Waals surface area (Å²) in [6.45, 7) is 9.54. The molecule has 0 saturated carbocycles. The van der Waals surface area contributed by atoms with E-state index in [-0.39, 0.29) is 5.78 Å². The van der Waals surface area contributed by atoms with Crippen molar-refractivity contribution in [1.29, 1.82) is 0 Å². The summed E-state index contributed by atoms with van der Waals surface area (Å²) >= 11 is 0. The van der Waals surface area contributed by atoms with Gasteiger partial charge >= 0.3 is 0 Å². The van der Waals surface area contributed by atoms with E-state index in [4.69, 9.17) is 0 Å². The molecule has 1 saturated heterocycles. The largest absolute Gasteiger partial charge is 0.372 e. The van der Waals surface area contributed by atoms with Crippen molar-refractivity contribution in [3.05, 3.63) is 29.8 Å². The van der Waals surface area contributed by atoms with Gasteiger partial charge in [0.1, 0.15) is 0 Å². The molecule has 1 heterocycles. The predicted molar refractivity (Wildman–Crippen MR) is 84.6 cm³/mol. The first-order valence-corrected chi connectivity index (χ1v) is 7.85. The van der Waals surface area contributed by atoms with E-state index in [1.54, 1.807) is 0 Å². The first-order valence-electron chi connectivity index (χ1n) is 7.85. The van der Waals surface area contributed by atoms with Crippen molar-refractivity contribution in [2.45, 2.75) is 33.1 Å². The van der Waals surface area contributed by atoms with E-state index < -0.39 is 0 Å². The summed E-state index contributed by atoms with van der Waals surface area (Å²) in [4.78, 5) is 16.9. The van der Waals surface area contributed by atoms with Crippen LogP contribution in [0.1, 0.15) is 43.5 Å². The topological polar surface area (TPSA) is 23.6 Å². The molecule has 3 nitrogen and oxygen atoms in total. The number of nitrogens with zero attached hydrogens (tertiary/aromatic N) is 2. The molecule has 0 aromatic heterocycles. The highest BCUT2D eigenvalue weighted by molar-refractivity contribution is 5.96. The number of hydrogen-bond donors (Lipinski definition) is 0. The minimum absolute atomic E-state index is 0.267. The first-order chi connectivity index (χ1) is 9.74. The second-order valence-electron chi connectivity index (χ2n) is 5.44. The lowest BCUT2D eigenvalue weighted by atomic mass is 10.1. The zero-order valence-corrected chi connectivity index (χ0v) is 12.8. The van der Waals surface area contributed by atoms with Gasteiger partial charge in [-0.15, -0.1) is 0 Å². The summed E-state index contributed by atoms with van der Waals surface area (Å²) in [6.07, 6.45) is 3.21. The number of carbonyl (C=O) groups is 1. The Morgan fingerprint density at radius 3 is 2.25 bits per heavy atom. The highest BCUT2D eigenvalue weighted by Gasteiger charge is 2.14. The van der Waals surface area contributed by atoms with Crippen molar-refractivity contribution in [1.82, 2.24) is 4.90 Å². The molecular weight excluding hydrogens is 248 g/mol. The van der Waals surface area contributed by atoms with Crippen LogP contribution in [-0.2, 0) is 0 Å². The summed E-state index contributed by atoms with van der Waals surface area (Å²) in [5.41, 5.74) is 2.05. The molecule has 20 heavy (non-hydrogen) atoms. The Labute approximate surface area is 122 Å². The Hall–Kier alpha value is -1.35. The van der Waals surface area contributed by atoms with E-state index in [0.717, 1.165) is 38.3 Å². The highest BCUT2D eigenvalue weighted by atomic mass is 16.1. The molecule has 1 aliphatic rings. The molecule has 0 radical (unpaired) electrons. The minimum atomic E-state index is 0.267. The summed E-state index contributed by atoms with van der Waals surface area (Å²) in [7, 11) is 0. The van der Waals surface area contributed by atoms with Gasteiger partial charge in [0, 0.05) is 37.3 Å². The Morgan fingerprint density at radius 2 is 1.70 bits per heavy atom. The maximum absolute atomic E-state index is 12.2. The quantitative estimate of drug-likeness (QED) is 0.713. The van der Waals surface area contributed by atoms with E-state index in [1.165, 1.54) is 18.5 Å². The molecule has 110 valence electrons. The number of ketones is 1. The van der Waals surface area contributed by atoms with E-state index in [1.807, 2.05) is 12.1 Å². The number of Topliss-reactive ketones (excluding diaryl/α,β-unsaturated/α-hetero) is 1. The lowest BCUT2D eigenvalue weighted by Gasteiger charge is -2.21. The fourth-order valence-corrected chi connectivity index (χ4v) is 2.86. The molecule has 0 unspecified atom stereocenters. The lowest BCUT2D eigenvalue weighted by molar-refractivity contribution is 0.0969. The molecular formula is C17H26N2O. The van der Waals surface area contributed by atoms with Crippen LogP contribution in [0.2, 0.25) is 0 Å². The average molecular weight is 274 g/mol. The summed E-state index contributed by atoms with van der Waals surface area (Å²) < 4.78 is 0. The first kappa shape index (κ1) is 15.0. The van der Waals surface area contributed by atoms with Gasteiger partial charge in [-0.3, -0.25) is 4.79 Å². The number of rotatable bonds is 7. The van der Waals surface area contributed by atoms with Gasteiger partial charge in [0.2, 0.25) is 0 Å². The van der Waals surface area contributed by atoms with Crippen molar-refractivity contribution in [2.75, 3.05) is 37.6 Å². The van der Waals surface area contributed by atoms with E-state index in [2.05, 4.69) is 35.8 Å². The van der Waals surface area contributed by atoms with Crippen molar-refractivity contribution in [3.63, 3.8) is 0 Å². The molecule has 1 aromatic carbocycles. The van der Waals surface area contributed by atoms with Crippen molar-refractivity contribution in [2.24, 2.45) is 0 Å². The van der Waals surface area contributed by atoms with Crippen molar-refractivity contribution < 1.29 is 4.79 Å². The smallest absolute Gasteiger partial charge is 0.164 e. The maximum Gasteiger partial charge on any atom is 0.164 e. The molecule has 0 N–H and O–H groups in total. The summed E-state index contributed by atoms with van der Waals surface area (Å²) in [6, 6.07) is 8.08. The van der Waals surface area contributed by atoms with Crippen LogP contribution in [0.4, 0.5) is 5.69 Å². The van der Waals surface area contributed by atoms with Crippen LogP contribution in [0.15, 0.2) is 24.3 Å². The third-order valence-corrected chi connectivity index (χ3v) is 4.17.